The van der Waals surface area contributed by atoms with Crippen molar-refractivity contribution in [1.29, 1.82) is 0 Å². The summed E-state index contributed by atoms with van der Waals surface area (Å²) in [6.07, 6.45) is 2.97. The van der Waals surface area contributed by atoms with Gasteiger partial charge in [-0.3, -0.25) is 9.59 Å². The zero-order valence-electron chi connectivity index (χ0n) is 8.90. The fourth-order valence-corrected chi connectivity index (χ4v) is 1.60. The van der Waals surface area contributed by atoms with Crippen LogP contribution in [0.5, 0.6) is 0 Å². The summed E-state index contributed by atoms with van der Waals surface area (Å²) in [4.78, 5) is 22.3. The van der Waals surface area contributed by atoms with Crippen molar-refractivity contribution < 1.29 is 19.1 Å². The summed E-state index contributed by atoms with van der Waals surface area (Å²) in [6, 6.07) is 0. The highest BCUT2D eigenvalue weighted by atomic mass is 16.5. The Morgan fingerprint density at radius 2 is 2.47 bits per heavy atom. The van der Waals surface area contributed by atoms with Crippen molar-refractivity contribution in [2.45, 2.75) is 37.9 Å². The number of carbonyl (C=O) groups is 2. The van der Waals surface area contributed by atoms with Crippen LogP contribution in [0.25, 0.3) is 0 Å². The van der Waals surface area contributed by atoms with E-state index >= 15 is 0 Å². The summed E-state index contributed by atoms with van der Waals surface area (Å²) < 4.78 is 10.00. The van der Waals surface area contributed by atoms with Crippen LogP contribution in [0.4, 0.5) is 0 Å². The minimum absolute atomic E-state index is 0.102. The highest BCUT2D eigenvalue weighted by Crippen LogP contribution is 2.22. The predicted molar refractivity (Wildman–Crippen MR) is 54.3 cm³/mol. The van der Waals surface area contributed by atoms with Crippen molar-refractivity contribution in [3.8, 4) is 0 Å². The Hall–Kier alpha value is -1.16. The van der Waals surface area contributed by atoms with Gasteiger partial charge in [-0.25, -0.2) is 0 Å². The average Bonchev–Trinajstić information content (AvgIpc) is 2.57. The number of rotatable bonds is 5. The van der Waals surface area contributed by atoms with Gasteiger partial charge in [0.2, 0.25) is 0 Å². The van der Waals surface area contributed by atoms with Crippen LogP contribution < -0.4 is 0 Å². The summed E-state index contributed by atoms with van der Waals surface area (Å²) in [5.74, 6) is -0.164. The molecule has 1 rings (SSSR count). The summed E-state index contributed by atoms with van der Waals surface area (Å²) >= 11 is 0. The lowest BCUT2D eigenvalue weighted by Crippen LogP contribution is -2.15. The number of carbonyl (C=O) groups excluding carboxylic acids is 2. The molecule has 84 valence electrons. The van der Waals surface area contributed by atoms with Crippen molar-refractivity contribution in [2.75, 3.05) is 7.11 Å². The van der Waals surface area contributed by atoms with Crippen LogP contribution in [0.15, 0.2) is 12.7 Å². The molecule has 1 heterocycles. The Labute approximate surface area is 89.2 Å². The maximum Gasteiger partial charge on any atom is 0.305 e. The molecular weight excluding hydrogens is 196 g/mol. The zero-order valence-corrected chi connectivity index (χ0v) is 8.90. The Bertz CT molecular complexity index is 259. The molecule has 0 bridgehead atoms. The van der Waals surface area contributed by atoms with Gasteiger partial charge >= 0.3 is 5.97 Å². The fourth-order valence-electron chi connectivity index (χ4n) is 1.60. The van der Waals surface area contributed by atoms with Gasteiger partial charge in [-0.1, -0.05) is 6.08 Å². The zero-order chi connectivity index (χ0) is 11.3. The van der Waals surface area contributed by atoms with Crippen LogP contribution in [0, 0.1) is 0 Å². The number of hydrogen-bond acceptors (Lipinski definition) is 4. The monoisotopic (exact) mass is 212 g/mol. The van der Waals surface area contributed by atoms with E-state index in [2.05, 4.69) is 11.3 Å². The van der Waals surface area contributed by atoms with Crippen molar-refractivity contribution in [3.63, 3.8) is 0 Å². The average molecular weight is 212 g/mol. The molecule has 1 fully saturated rings. The van der Waals surface area contributed by atoms with Gasteiger partial charge < -0.3 is 9.47 Å². The number of esters is 1. The van der Waals surface area contributed by atoms with E-state index in [9.17, 15) is 9.59 Å². The Kier molecular flexibility index (Phi) is 4.49. The second-order valence-electron chi connectivity index (χ2n) is 3.56. The summed E-state index contributed by atoms with van der Waals surface area (Å²) in [7, 11) is 1.35. The van der Waals surface area contributed by atoms with Crippen LogP contribution >= 0.6 is 0 Å². The van der Waals surface area contributed by atoms with Gasteiger partial charge in [0.15, 0.2) is 5.78 Å². The van der Waals surface area contributed by atoms with Gasteiger partial charge in [-0.15, -0.1) is 6.58 Å². The largest absolute Gasteiger partial charge is 0.469 e. The number of hydrogen-bond donors (Lipinski definition) is 0. The molecule has 1 saturated heterocycles. The lowest BCUT2D eigenvalue weighted by Gasteiger charge is -2.09. The number of methoxy groups -OCH3 is 1. The second-order valence-corrected chi connectivity index (χ2v) is 3.56. The minimum atomic E-state index is -0.356. The standard InChI is InChI=1S/C11H16O4/c1-3-4-10-9(12)7-8(15-10)5-6-11(13)14-2/h3,8,10H,1,4-7H2,2H3/t8-,10-/m0/s1. The summed E-state index contributed by atoms with van der Waals surface area (Å²) in [5.41, 5.74) is 0. The molecule has 0 unspecified atom stereocenters. The summed E-state index contributed by atoms with van der Waals surface area (Å²) in [5, 5.41) is 0. The first kappa shape index (κ1) is 11.9. The molecular formula is C11H16O4. The minimum Gasteiger partial charge on any atom is -0.469 e. The molecule has 1 aliphatic rings. The third-order valence-electron chi connectivity index (χ3n) is 2.42. The number of ketones is 1. The van der Waals surface area contributed by atoms with Crippen molar-refractivity contribution in [3.05, 3.63) is 12.7 Å². The van der Waals surface area contributed by atoms with Crippen LogP contribution in [0.3, 0.4) is 0 Å². The third kappa shape index (κ3) is 3.47. The van der Waals surface area contributed by atoms with E-state index in [4.69, 9.17) is 4.74 Å². The molecule has 0 aromatic rings. The second kappa shape index (κ2) is 5.66. The van der Waals surface area contributed by atoms with Crippen LogP contribution in [0.1, 0.15) is 25.7 Å². The van der Waals surface area contributed by atoms with Crippen LogP contribution in [0.2, 0.25) is 0 Å². The van der Waals surface area contributed by atoms with E-state index in [0.29, 0.717) is 25.7 Å². The lowest BCUT2D eigenvalue weighted by molar-refractivity contribution is -0.141. The predicted octanol–water partition coefficient (Wildman–Crippen LogP) is 1.24. The maximum absolute atomic E-state index is 11.4. The third-order valence-corrected chi connectivity index (χ3v) is 2.42. The van der Waals surface area contributed by atoms with E-state index in [0.717, 1.165) is 0 Å². The SMILES string of the molecule is C=CC[C@@H]1O[C@@H](CCC(=O)OC)CC1=O. The van der Waals surface area contributed by atoms with Crippen molar-refractivity contribution >= 4 is 11.8 Å². The highest BCUT2D eigenvalue weighted by molar-refractivity contribution is 5.85. The summed E-state index contributed by atoms with van der Waals surface area (Å²) in [6.45, 7) is 3.56. The van der Waals surface area contributed by atoms with Crippen molar-refractivity contribution in [2.24, 2.45) is 0 Å². The molecule has 0 aliphatic carbocycles. The van der Waals surface area contributed by atoms with Gasteiger partial charge in [0.05, 0.1) is 13.2 Å². The normalized spacial score (nSPS) is 25.3. The van der Waals surface area contributed by atoms with Gasteiger partial charge in [-0.05, 0) is 12.8 Å². The maximum atomic E-state index is 11.4. The van der Waals surface area contributed by atoms with E-state index < -0.39 is 0 Å². The van der Waals surface area contributed by atoms with Gasteiger partial charge in [0.25, 0.3) is 0 Å². The Morgan fingerprint density at radius 3 is 3.07 bits per heavy atom. The van der Waals surface area contributed by atoms with Crippen LogP contribution in [-0.2, 0) is 19.1 Å². The molecule has 0 saturated carbocycles. The molecule has 0 amide bonds. The molecule has 0 aromatic heterocycles. The van der Waals surface area contributed by atoms with E-state index in [1.54, 1.807) is 6.08 Å². The Morgan fingerprint density at radius 1 is 1.73 bits per heavy atom. The quantitative estimate of drug-likeness (QED) is 0.508. The molecule has 0 N–H and O–H groups in total. The van der Waals surface area contributed by atoms with Crippen LogP contribution in [-0.4, -0.2) is 31.1 Å². The smallest absolute Gasteiger partial charge is 0.305 e. The fraction of sp³-hybridized carbons (Fsp3) is 0.636. The molecule has 0 radical (unpaired) electrons. The van der Waals surface area contributed by atoms with Gasteiger partial charge in [0.1, 0.15) is 6.10 Å². The molecule has 4 nitrogen and oxygen atoms in total. The first-order chi connectivity index (χ1) is 7.17. The topological polar surface area (TPSA) is 52.6 Å². The molecule has 1 aliphatic heterocycles. The first-order valence-electron chi connectivity index (χ1n) is 5.03. The molecule has 0 spiro atoms. The molecule has 2 atom stereocenters. The number of Topliss-reactive ketones (excluding diaryl/α,β-unsaturated/α-hetero) is 1. The highest BCUT2D eigenvalue weighted by Gasteiger charge is 2.32. The molecule has 15 heavy (non-hydrogen) atoms. The van der Waals surface area contributed by atoms with E-state index in [-0.39, 0.29) is 24.0 Å². The molecule has 4 heteroatoms. The molecule has 0 aromatic carbocycles. The van der Waals surface area contributed by atoms with E-state index in [1.165, 1.54) is 7.11 Å². The Balaban J connectivity index is 2.31. The van der Waals surface area contributed by atoms with Gasteiger partial charge in [0, 0.05) is 12.8 Å². The van der Waals surface area contributed by atoms with Crippen molar-refractivity contribution in [1.82, 2.24) is 0 Å². The van der Waals surface area contributed by atoms with Gasteiger partial charge in [-0.2, -0.15) is 0 Å². The first-order valence-corrected chi connectivity index (χ1v) is 5.03. The number of ether oxygens (including phenoxy) is 2. The van der Waals surface area contributed by atoms with E-state index in [1.807, 2.05) is 0 Å². The lowest BCUT2D eigenvalue weighted by atomic mass is 10.1.